The van der Waals surface area contributed by atoms with E-state index < -0.39 is 48.4 Å². The third kappa shape index (κ3) is 9.20. The SMILES string of the molecule is CC(C)C[C@H](NC(=O)[C@@H](N)Cc1ccccc1)C(=O)N[C@@H](C)C(=O)NCC(=O)O. The van der Waals surface area contributed by atoms with Crippen LogP contribution in [0.2, 0.25) is 0 Å². The molecule has 29 heavy (non-hydrogen) atoms. The van der Waals surface area contributed by atoms with Crippen molar-refractivity contribution in [2.45, 2.75) is 51.7 Å². The van der Waals surface area contributed by atoms with Crippen LogP contribution in [0.4, 0.5) is 0 Å². The molecule has 0 radical (unpaired) electrons. The number of carboxylic acid groups (broad SMARTS) is 1. The van der Waals surface area contributed by atoms with Gasteiger partial charge in [0.1, 0.15) is 18.6 Å². The minimum atomic E-state index is -1.19. The molecule has 0 saturated carbocycles. The van der Waals surface area contributed by atoms with Crippen molar-refractivity contribution in [2.24, 2.45) is 11.7 Å². The van der Waals surface area contributed by atoms with Crippen LogP contribution in [0.5, 0.6) is 0 Å². The molecule has 9 heteroatoms. The molecule has 0 heterocycles. The fourth-order valence-corrected chi connectivity index (χ4v) is 2.64. The molecular formula is C20H30N4O5. The minimum Gasteiger partial charge on any atom is -0.480 e. The van der Waals surface area contributed by atoms with Crippen LogP contribution in [-0.2, 0) is 25.6 Å². The van der Waals surface area contributed by atoms with E-state index in [0.29, 0.717) is 12.8 Å². The van der Waals surface area contributed by atoms with Crippen molar-refractivity contribution in [1.82, 2.24) is 16.0 Å². The number of rotatable bonds is 11. The van der Waals surface area contributed by atoms with Gasteiger partial charge in [0.2, 0.25) is 17.7 Å². The first kappa shape index (κ1) is 24.1. The zero-order chi connectivity index (χ0) is 22.0. The number of aliphatic carboxylic acids is 1. The summed E-state index contributed by atoms with van der Waals surface area (Å²) >= 11 is 0. The van der Waals surface area contributed by atoms with Gasteiger partial charge in [-0.1, -0.05) is 44.2 Å². The van der Waals surface area contributed by atoms with Crippen molar-refractivity contribution in [1.29, 1.82) is 0 Å². The zero-order valence-corrected chi connectivity index (χ0v) is 17.0. The van der Waals surface area contributed by atoms with Gasteiger partial charge >= 0.3 is 5.97 Å². The van der Waals surface area contributed by atoms with E-state index >= 15 is 0 Å². The number of hydrogen-bond acceptors (Lipinski definition) is 5. The number of hydrogen-bond donors (Lipinski definition) is 5. The normalized spacial score (nSPS) is 13.8. The Hall–Kier alpha value is -2.94. The van der Waals surface area contributed by atoms with Gasteiger partial charge in [0.05, 0.1) is 6.04 Å². The molecule has 6 N–H and O–H groups in total. The quantitative estimate of drug-likeness (QED) is 0.343. The summed E-state index contributed by atoms with van der Waals surface area (Å²) in [5.74, 6) is -2.70. The molecule has 0 aliphatic carbocycles. The summed E-state index contributed by atoms with van der Waals surface area (Å²) in [5, 5.41) is 16.0. The molecule has 1 rings (SSSR count). The zero-order valence-electron chi connectivity index (χ0n) is 17.0. The van der Waals surface area contributed by atoms with Gasteiger partial charge in [0.15, 0.2) is 0 Å². The number of carboxylic acids is 1. The predicted molar refractivity (Wildman–Crippen MR) is 108 cm³/mol. The molecule has 3 atom stereocenters. The van der Waals surface area contributed by atoms with E-state index in [0.717, 1.165) is 5.56 Å². The Morgan fingerprint density at radius 2 is 1.59 bits per heavy atom. The summed E-state index contributed by atoms with van der Waals surface area (Å²) in [7, 11) is 0. The highest BCUT2D eigenvalue weighted by molar-refractivity contribution is 5.93. The second-order valence-electron chi connectivity index (χ2n) is 7.33. The third-order valence-corrected chi connectivity index (χ3v) is 4.14. The van der Waals surface area contributed by atoms with Crippen LogP contribution >= 0.6 is 0 Å². The van der Waals surface area contributed by atoms with E-state index in [1.54, 1.807) is 0 Å². The molecular weight excluding hydrogens is 376 g/mol. The Kier molecular flexibility index (Phi) is 9.81. The lowest BCUT2D eigenvalue weighted by molar-refractivity contribution is -0.138. The fraction of sp³-hybridized carbons (Fsp3) is 0.500. The number of carbonyl (C=O) groups is 4. The van der Waals surface area contributed by atoms with Gasteiger partial charge in [-0.05, 0) is 31.2 Å². The summed E-state index contributed by atoms with van der Waals surface area (Å²) in [5.41, 5.74) is 6.89. The van der Waals surface area contributed by atoms with Crippen molar-refractivity contribution >= 4 is 23.7 Å². The molecule has 1 aromatic carbocycles. The van der Waals surface area contributed by atoms with E-state index in [1.165, 1.54) is 6.92 Å². The van der Waals surface area contributed by atoms with Crippen LogP contribution in [0.25, 0.3) is 0 Å². The van der Waals surface area contributed by atoms with E-state index in [9.17, 15) is 19.2 Å². The van der Waals surface area contributed by atoms with Gasteiger partial charge in [-0.15, -0.1) is 0 Å². The van der Waals surface area contributed by atoms with Gasteiger partial charge in [0, 0.05) is 0 Å². The second-order valence-corrected chi connectivity index (χ2v) is 7.33. The number of benzene rings is 1. The number of nitrogens with two attached hydrogens (primary N) is 1. The van der Waals surface area contributed by atoms with E-state index in [-0.39, 0.29) is 5.92 Å². The number of carbonyl (C=O) groups excluding carboxylic acids is 3. The molecule has 1 aromatic rings. The average molecular weight is 406 g/mol. The molecule has 0 bridgehead atoms. The van der Waals surface area contributed by atoms with Crippen LogP contribution in [0.3, 0.4) is 0 Å². The molecule has 3 amide bonds. The Balaban J connectivity index is 2.69. The van der Waals surface area contributed by atoms with E-state index in [2.05, 4.69) is 16.0 Å². The molecule has 0 saturated heterocycles. The van der Waals surface area contributed by atoms with Crippen molar-refractivity contribution < 1.29 is 24.3 Å². The van der Waals surface area contributed by atoms with Crippen LogP contribution < -0.4 is 21.7 Å². The number of amides is 3. The van der Waals surface area contributed by atoms with Crippen molar-refractivity contribution in [2.75, 3.05) is 6.54 Å². The first-order chi connectivity index (χ1) is 13.6. The lowest BCUT2D eigenvalue weighted by Crippen LogP contribution is -2.55. The predicted octanol–water partition coefficient (Wildman–Crippen LogP) is -0.207. The summed E-state index contributed by atoms with van der Waals surface area (Å²) in [6.45, 7) is 4.70. The summed E-state index contributed by atoms with van der Waals surface area (Å²) in [6.07, 6.45) is 0.690. The van der Waals surface area contributed by atoms with Gasteiger partial charge in [-0.25, -0.2) is 0 Å². The van der Waals surface area contributed by atoms with Crippen LogP contribution in [-0.4, -0.2) is 53.5 Å². The molecule has 9 nitrogen and oxygen atoms in total. The highest BCUT2D eigenvalue weighted by atomic mass is 16.4. The van der Waals surface area contributed by atoms with Crippen LogP contribution in [0, 0.1) is 5.92 Å². The van der Waals surface area contributed by atoms with Gasteiger partial charge in [-0.2, -0.15) is 0 Å². The maximum Gasteiger partial charge on any atom is 0.322 e. The van der Waals surface area contributed by atoms with Crippen LogP contribution in [0.15, 0.2) is 30.3 Å². The topological polar surface area (TPSA) is 151 Å². The minimum absolute atomic E-state index is 0.104. The summed E-state index contributed by atoms with van der Waals surface area (Å²) < 4.78 is 0. The Morgan fingerprint density at radius 3 is 2.14 bits per heavy atom. The smallest absolute Gasteiger partial charge is 0.322 e. The van der Waals surface area contributed by atoms with Gasteiger partial charge in [-0.3, -0.25) is 19.2 Å². The lowest BCUT2D eigenvalue weighted by atomic mass is 10.0. The lowest BCUT2D eigenvalue weighted by Gasteiger charge is -2.24. The van der Waals surface area contributed by atoms with E-state index in [1.807, 2.05) is 44.2 Å². The standard InChI is InChI=1S/C20H30N4O5/c1-12(2)9-16(20(29)23-13(3)18(27)22-11-17(25)26)24-19(28)15(21)10-14-7-5-4-6-8-14/h4-8,12-13,15-16H,9-11,21H2,1-3H3,(H,22,27)(H,23,29)(H,24,28)(H,25,26)/t13-,15-,16-/m0/s1. The Labute approximate surface area is 170 Å². The highest BCUT2D eigenvalue weighted by Crippen LogP contribution is 2.07. The monoisotopic (exact) mass is 406 g/mol. The first-order valence-corrected chi connectivity index (χ1v) is 9.49. The molecule has 0 aliphatic rings. The van der Waals surface area contributed by atoms with Crippen molar-refractivity contribution in [3.8, 4) is 0 Å². The highest BCUT2D eigenvalue weighted by Gasteiger charge is 2.27. The number of nitrogens with one attached hydrogen (secondary N) is 3. The van der Waals surface area contributed by atoms with Crippen molar-refractivity contribution in [3.63, 3.8) is 0 Å². The maximum atomic E-state index is 12.6. The van der Waals surface area contributed by atoms with Crippen molar-refractivity contribution in [3.05, 3.63) is 35.9 Å². The van der Waals surface area contributed by atoms with Gasteiger partial charge < -0.3 is 26.8 Å². The first-order valence-electron chi connectivity index (χ1n) is 9.49. The molecule has 0 aliphatic heterocycles. The molecule has 0 fully saturated rings. The van der Waals surface area contributed by atoms with Gasteiger partial charge in [0.25, 0.3) is 0 Å². The molecule has 0 spiro atoms. The summed E-state index contributed by atoms with van der Waals surface area (Å²) in [4.78, 5) is 47.5. The molecule has 0 aromatic heterocycles. The largest absolute Gasteiger partial charge is 0.480 e. The third-order valence-electron chi connectivity index (χ3n) is 4.14. The van der Waals surface area contributed by atoms with E-state index in [4.69, 9.17) is 10.8 Å². The average Bonchev–Trinajstić information content (AvgIpc) is 2.65. The Morgan fingerprint density at radius 1 is 0.966 bits per heavy atom. The second kappa shape index (κ2) is 11.8. The molecule has 0 unspecified atom stereocenters. The summed E-state index contributed by atoms with van der Waals surface area (Å²) in [6, 6.07) is 6.66. The fourth-order valence-electron chi connectivity index (χ4n) is 2.64. The molecule has 160 valence electrons. The van der Waals surface area contributed by atoms with Crippen LogP contribution in [0.1, 0.15) is 32.8 Å². The maximum absolute atomic E-state index is 12.6. The Bertz CT molecular complexity index is 708.